The van der Waals surface area contributed by atoms with Crippen molar-refractivity contribution in [3.8, 4) is 0 Å². The van der Waals surface area contributed by atoms with Gasteiger partial charge in [-0.1, -0.05) is 0 Å². The maximum absolute atomic E-state index is 10.5. The van der Waals surface area contributed by atoms with Crippen molar-refractivity contribution in [3.05, 3.63) is 0 Å². The van der Waals surface area contributed by atoms with Crippen molar-refractivity contribution in [2.24, 2.45) is 0 Å². The lowest BCUT2D eigenvalue weighted by Gasteiger charge is -2.10. The van der Waals surface area contributed by atoms with E-state index >= 15 is 0 Å². The first-order valence-corrected chi connectivity index (χ1v) is 1.80. The molecule has 0 aliphatic carbocycles. The fraction of sp³-hybridized carbons (Fsp3) is 0.750. The summed E-state index contributed by atoms with van der Waals surface area (Å²) in [6.07, 6.45) is 0. The summed E-state index contributed by atoms with van der Waals surface area (Å²) >= 11 is 0. The summed E-state index contributed by atoms with van der Waals surface area (Å²) in [6.45, 7) is -5.32. The van der Waals surface area contributed by atoms with Gasteiger partial charge in [0, 0.05) is 6.50 Å². The van der Waals surface area contributed by atoms with Gasteiger partial charge in [0.15, 0.2) is 0 Å². The fourth-order valence-electron chi connectivity index (χ4n) is 0.269. The van der Waals surface area contributed by atoms with E-state index < -0.39 is 25.6 Å². The van der Waals surface area contributed by atoms with Crippen LogP contribution in [0.15, 0.2) is 0 Å². The van der Waals surface area contributed by atoms with E-state index in [4.69, 9.17) is 5.48 Å². The first-order chi connectivity index (χ1) is 4.85. The molecule has 1 rings (SSSR count). The molecule has 0 aromatic heterocycles. The van der Waals surface area contributed by atoms with Gasteiger partial charge in [-0.05, 0) is 0 Å². The number of hydrogen-bond acceptors (Lipinski definition) is 2. The highest BCUT2D eigenvalue weighted by Gasteiger charge is 2.04. The summed E-state index contributed by atoms with van der Waals surface area (Å²) in [5.41, 5.74) is 0. The van der Waals surface area contributed by atoms with Gasteiger partial charge in [-0.15, -0.1) is 0 Å². The monoisotopic (exact) mass is 105 g/mol. The Labute approximate surface area is 47.3 Å². The van der Waals surface area contributed by atoms with Gasteiger partial charge in [0.1, 0.15) is 6.61 Å². The van der Waals surface area contributed by atoms with E-state index in [0.29, 0.717) is 0 Å². The van der Waals surface area contributed by atoms with Crippen LogP contribution in [0.5, 0.6) is 0 Å². The molecule has 3 nitrogen and oxygen atoms in total. The average Bonchev–Trinajstić information content (AvgIpc) is 1.80. The van der Waals surface area contributed by atoms with Crippen LogP contribution in [0.3, 0.4) is 0 Å². The zero-order chi connectivity index (χ0) is 8.70. The van der Waals surface area contributed by atoms with Gasteiger partial charge < -0.3 is 10.1 Å². The number of ether oxygens (including phenoxy) is 1. The molecular weight excluding hydrogens is 94.0 g/mol. The zero-order valence-electron chi connectivity index (χ0n) is 7.52. The van der Waals surface area contributed by atoms with Gasteiger partial charge in [-0.25, -0.2) is 0 Å². The van der Waals surface area contributed by atoms with Crippen LogP contribution in [0.2, 0.25) is 0 Å². The van der Waals surface area contributed by atoms with Crippen molar-refractivity contribution in [1.82, 2.24) is 5.32 Å². The van der Waals surface area contributed by atoms with Crippen LogP contribution in [0, 0.1) is 0 Å². The molecule has 0 aromatic carbocycles. The minimum atomic E-state index is -2.44. The molecule has 1 amide bonds. The number of carbonyl (C=O) groups is 1. The number of amides is 1. The maximum Gasteiger partial charge on any atom is 0.246 e. The van der Waals surface area contributed by atoms with E-state index in [0.717, 1.165) is 0 Å². The normalized spacial score (nSPS) is 44.3. The lowest BCUT2D eigenvalue weighted by atomic mass is 10.5. The Kier molecular flexibility index (Phi) is 0.481. The lowest BCUT2D eigenvalue weighted by molar-refractivity contribution is -0.128. The summed E-state index contributed by atoms with van der Waals surface area (Å²) in [4.78, 5) is 10.5. The molecule has 1 fully saturated rings. The van der Waals surface area contributed by atoms with E-state index in [1.54, 1.807) is 0 Å². The molecule has 3 heteroatoms. The van der Waals surface area contributed by atoms with Gasteiger partial charge >= 0.3 is 0 Å². The molecule has 0 atom stereocenters. The van der Waals surface area contributed by atoms with E-state index in [-0.39, 0.29) is 0 Å². The maximum atomic E-state index is 10.5. The van der Waals surface area contributed by atoms with Crippen LogP contribution in [0.25, 0.3) is 0 Å². The quantitative estimate of drug-likeness (QED) is 0.435. The second kappa shape index (κ2) is 1.93. The SMILES string of the molecule is [2H]C1([2H])NC(=O)COC1([2H])[2H]. The summed E-state index contributed by atoms with van der Waals surface area (Å²) in [5.74, 6) is -0.648. The van der Waals surface area contributed by atoms with Crippen LogP contribution in [-0.4, -0.2) is 25.6 Å². The largest absolute Gasteiger partial charge is 0.370 e. The molecule has 0 saturated carbocycles. The van der Waals surface area contributed by atoms with Gasteiger partial charge in [0.05, 0.1) is 12.0 Å². The van der Waals surface area contributed by atoms with Crippen LogP contribution >= 0.6 is 0 Å². The summed E-state index contributed by atoms with van der Waals surface area (Å²) in [6, 6.07) is 0. The number of nitrogens with one attached hydrogen (secondary N) is 1. The highest BCUT2D eigenvalue weighted by molar-refractivity contribution is 5.77. The molecule has 0 aromatic rings. The average molecular weight is 105 g/mol. The Balaban J connectivity index is 2.80. The van der Waals surface area contributed by atoms with Crippen LogP contribution in [0.1, 0.15) is 5.48 Å². The van der Waals surface area contributed by atoms with E-state index in [9.17, 15) is 4.79 Å². The van der Waals surface area contributed by atoms with Crippen molar-refractivity contribution in [2.45, 2.75) is 0 Å². The minimum Gasteiger partial charge on any atom is -0.370 e. The topological polar surface area (TPSA) is 38.3 Å². The standard InChI is InChI=1S/C4H7NO2/c6-4-3-7-2-1-5-4/h1-3H2,(H,5,6)/i1D2,2D2. The number of morpholine rings is 1. The van der Waals surface area contributed by atoms with Gasteiger partial charge in [-0.3, -0.25) is 4.79 Å². The molecule has 1 heterocycles. The van der Waals surface area contributed by atoms with Crippen molar-refractivity contribution in [1.29, 1.82) is 0 Å². The first-order valence-electron chi connectivity index (χ1n) is 3.80. The molecule has 1 N–H and O–H groups in total. The predicted molar refractivity (Wildman–Crippen MR) is 23.8 cm³/mol. The Bertz CT molecular complexity index is 193. The van der Waals surface area contributed by atoms with Gasteiger partial charge in [0.2, 0.25) is 5.91 Å². The molecule has 0 radical (unpaired) electrons. The molecule has 7 heavy (non-hydrogen) atoms. The fourth-order valence-corrected chi connectivity index (χ4v) is 0.269. The van der Waals surface area contributed by atoms with Crippen LogP contribution in [0.4, 0.5) is 0 Å². The Hall–Kier alpha value is -0.570. The summed E-state index contributed by atoms with van der Waals surface area (Å²) in [5, 5.41) is 1.84. The van der Waals surface area contributed by atoms with Crippen molar-refractivity contribution in [3.63, 3.8) is 0 Å². The summed E-state index contributed by atoms with van der Waals surface area (Å²) in [7, 11) is 0. The Morgan fingerprint density at radius 2 is 2.86 bits per heavy atom. The predicted octanol–water partition coefficient (Wildman–Crippen LogP) is -0.867. The van der Waals surface area contributed by atoms with E-state index in [1.165, 1.54) is 0 Å². The van der Waals surface area contributed by atoms with Crippen molar-refractivity contribution >= 4 is 5.91 Å². The highest BCUT2D eigenvalue weighted by Crippen LogP contribution is 1.79. The molecule has 40 valence electrons. The first kappa shape index (κ1) is 1.74. The van der Waals surface area contributed by atoms with Crippen molar-refractivity contribution < 1.29 is 15.0 Å². The molecule has 0 bridgehead atoms. The molecule has 1 aliphatic heterocycles. The Morgan fingerprint density at radius 1 is 2.00 bits per heavy atom. The molecule has 0 unspecified atom stereocenters. The van der Waals surface area contributed by atoms with Crippen molar-refractivity contribution in [2.75, 3.05) is 19.7 Å². The third-order valence-electron chi connectivity index (χ3n) is 0.528. The number of carbonyl (C=O) groups excluding carboxylic acids is 1. The summed E-state index contributed by atoms with van der Waals surface area (Å²) < 4.78 is 32.3. The second-order valence-corrected chi connectivity index (χ2v) is 1.06. The van der Waals surface area contributed by atoms with E-state index in [2.05, 4.69) is 4.74 Å². The third-order valence-corrected chi connectivity index (χ3v) is 0.528. The van der Waals surface area contributed by atoms with Gasteiger partial charge in [-0.2, -0.15) is 0 Å². The van der Waals surface area contributed by atoms with E-state index in [1.807, 2.05) is 5.32 Å². The van der Waals surface area contributed by atoms with Crippen LogP contribution < -0.4 is 5.32 Å². The smallest absolute Gasteiger partial charge is 0.246 e. The third kappa shape index (κ3) is 1.16. The van der Waals surface area contributed by atoms with Gasteiger partial charge in [0.25, 0.3) is 0 Å². The molecular formula is C4H7NO2. The minimum absolute atomic E-state index is 0.438. The molecule has 1 saturated heterocycles. The number of hydrogen-bond donors (Lipinski definition) is 1. The number of rotatable bonds is 0. The Morgan fingerprint density at radius 3 is 3.43 bits per heavy atom. The highest BCUT2D eigenvalue weighted by atomic mass is 16.5. The molecule has 1 aliphatic rings. The zero-order valence-corrected chi connectivity index (χ0v) is 3.52. The second-order valence-electron chi connectivity index (χ2n) is 1.06. The van der Waals surface area contributed by atoms with Crippen LogP contribution in [-0.2, 0) is 9.53 Å². The lowest BCUT2D eigenvalue weighted by Crippen LogP contribution is -2.36. The molecule has 0 spiro atoms.